The van der Waals surface area contributed by atoms with Gasteiger partial charge in [0.2, 0.25) is 17.7 Å². The van der Waals surface area contributed by atoms with E-state index >= 15 is 0 Å². The summed E-state index contributed by atoms with van der Waals surface area (Å²) in [7, 11) is 0. The van der Waals surface area contributed by atoms with Crippen molar-refractivity contribution in [3.63, 3.8) is 0 Å². The highest BCUT2D eigenvalue weighted by Crippen LogP contribution is 2.68. The standard InChI is InChI=1S/C24H32BrN3O4S/c1-3-4-8-11-26-22(31)20-24-12-16(25)19(33-24)17(18(24)23(32)28(20)14(2)13-29)21(30)27-15-9-6-5-7-10-15/h5-7,9-10,14,16-20,29H,3-4,8,11-13H2,1-2H3,(H,26,31)(H,27,30)/t14-,16?,17+,18+,19+,20?,24?/m1/s1. The van der Waals surface area contributed by atoms with Gasteiger partial charge in [-0.15, -0.1) is 11.8 Å². The second kappa shape index (κ2) is 9.96. The summed E-state index contributed by atoms with van der Waals surface area (Å²) in [4.78, 5) is 42.2. The van der Waals surface area contributed by atoms with Gasteiger partial charge in [0, 0.05) is 22.3 Å². The van der Waals surface area contributed by atoms with Crippen LogP contribution in [0.5, 0.6) is 0 Å². The monoisotopic (exact) mass is 537 g/mol. The van der Waals surface area contributed by atoms with Crippen molar-refractivity contribution in [2.75, 3.05) is 18.5 Å². The Bertz CT molecular complexity index is 903. The smallest absolute Gasteiger partial charge is 0.244 e. The lowest BCUT2D eigenvalue weighted by molar-refractivity contribution is -0.141. The Hall–Kier alpha value is -1.58. The van der Waals surface area contributed by atoms with E-state index in [2.05, 4.69) is 33.5 Å². The molecular weight excluding hydrogens is 506 g/mol. The largest absolute Gasteiger partial charge is 0.394 e. The fourth-order valence-electron chi connectivity index (χ4n) is 5.66. The van der Waals surface area contributed by atoms with E-state index in [1.54, 1.807) is 23.6 Å². The highest BCUT2D eigenvalue weighted by molar-refractivity contribution is 9.09. The lowest BCUT2D eigenvalue weighted by Crippen LogP contribution is -2.56. The van der Waals surface area contributed by atoms with Gasteiger partial charge in [-0.1, -0.05) is 53.9 Å². The molecule has 0 radical (unpaired) electrons. The predicted octanol–water partition coefficient (Wildman–Crippen LogP) is 2.78. The molecule has 1 aromatic carbocycles. The summed E-state index contributed by atoms with van der Waals surface area (Å²) in [6, 6.07) is 8.02. The van der Waals surface area contributed by atoms with E-state index in [-0.39, 0.29) is 34.4 Å². The third-order valence-electron chi connectivity index (χ3n) is 7.14. The third kappa shape index (κ3) is 4.21. The lowest BCUT2D eigenvalue weighted by Gasteiger charge is -2.36. The number of nitrogens with zero attached hydrogens (tertiary/aromatic N) is 1. The van der Waals surface area contributed by atoms with Gasteiger partial charge in [0.15, 0.2) is 0 Å². The Morgan fingerprint density at radius 3 is 2.67 bits per heavy atom. The molecule has 1 spiro atoms. The van der Waals surface area contributed by atoms with Crippen molar-refractivity contribution in [3.8, 4) is 0 Å². The first-order chi connectivity index (χ1) is 15.9. The van der Waals surface area contributed by atoms with E-state index in [9.17, 15) is 19.5 Å². The Balaban J connectivity index is 1.65. The number of halogens is 1. The molecule has 3 aliphatic rings. The van der Waals surface area contributed by atoms with Crippen molar-refractivity contribution in [2.24, 2.45) is 11.8 Å². The van der Waals surface area contributed by atoms with Crippen LogP contribution >= 0.6 is 27.7 Å². The number of anilines is 1. The molecule has 0 aliphatic carbocycles. The number of nitrogens with one attached hydrogen (secondary N) is 2. The first kappa shape index (κ1) is 24.5. The van der Waals surface area contributed by atoms with Crippen LogP contribution in [-0.4, -0.2) is 67.8 Å². The van der Waals surface area contributed by atoms with E-state index in [4.69, 9.17) is 0 Å². The molecule has 3 fully saturated rings. The van der Waals surface area contributed by atoms with Crippen LogP contribution in [0.1, 0.15) is 39.5 Å². The van der Waals surface area contributed by atoms with Crippen LogP contribution in [0.2, 0.25) is 0 Å². The van der Waals surface area contributed by atoms with Gasteiger partial charge >= 0.3 is 0 Å². The zero-order valence-electron chi connectivity index (χ0n) is 19.0. The number of para-hydroxylation sites is 1. The maximum atomic E-state index is 13.8. The molecule has 3 aliphatic heterocycles. The maximum absolute atomic E-state index is 13.8. The van der Waals surface area contributed by atoms with E-state index < -0.39 is 28.7 Å². The number of aliphatic hydroxyl groups is 1. The molecule has 3 amide bonds. The van der Waals surface area contributed by atoms with Crippen molar-refractivity contribution < 1.29 is 19.5 Å². The fraction of sp³-hybridized carbons (Fsp3) is 0.625. The molecule has 3 N–H and O–H groups in total. The van der Waals surface area contributed by atoms with Gasteiger partial charge in [0.05, 0.1) is 29.2 Å². The Morgan fingerprint density at radius 1 is 1.27 bits per heavy atom. The molecule has 7 atom stereocenters. The number of hydrogen-bond donors (Lipinski definition) is 3. The molecule has 2 bridgehead atoms. The first-order valence-electron chi connectivity index (χ1n) is 11.7. The average molecular weight is 539 g/mol. The minimum atomic E-state index is -0.705. The number of alkyl halides is 1. The summed E-state index contributed by atoms with van der Waals surface area (Å²) in [5, 5.41) is 15.8. The van der Waals surface area contributed by atoms with Crippen LogP contribution in [0.3, 0.4) is 0 Å². The Labute approximate surface area is 207 Å². The highest BCUT2D eigenvalue weighted by atomic mass is 79.9. The molecule has 0 saturated carbocycles. The maximum Gasteiger partial charge on any atom is 0.244 e. The minimum Gasteiger partial charge on any atom is -0.394 e. The molecule has 7 nitrogen and oxygen atoms in total. The number of unbranched alkanes of at least 4 members (excludes halogenated alkanes) is 2. The summed E-state index contributed by atoms with van der Waals surface area (Å²) in [6.45, 7) is 4.19. The normalized spacial score (nSPS) is 33.2. The molecule has 33 heavy (non-hydrogen) atoms. The number of thioether (sulfide) groups is 1. The zero-order valence-corrected chi connectivity index (χ0v) is 21.4. The zero-order chi connectivity index (χ0) is 23.8. The number of benzene rings is 1. The third-order valence-corrected chi connectivity index (χ3v) is 10.4. The van der Waals surface area contributed by atoms with E-state index in [1.807, 2.05) is 30.3 Å². The molecule has 0 aromatic heterocycles. The first-order valence-corrected chi connectivity index (χ1v) is 13.5. The molecule has 1 aromatic rings. The number of hydrogen-bond acceptors (Lipinski definition) is 5. The van der Waals surface area contributed by atoms with Crippen LogP contribution in [0, 0.1) is 11.8 Å². The van der Waals surface area contributed by atoms with Crippen LogP contribution in [0.15, 0.2) is 30.3 Å². The molecular formula is C24H32BrN3O4S. The minimum absolute atomic E-state index is 0.0258. The second-order valence-electron chi connectivity index (χ2n) is 9.29. The average Bonchev–Trinajstić information content (AvgIpc) is 3.40. The number of likely N-dealkylation sites (tertiary alicyclic amines) is 1. The predicted molar refractivity (Wildman–Crippen MR) is 133 cm³/mol. The van der Waals surface area contributed by atoms with Crippen LogP contribution in [-0.2, 0) is 14.4 Å². The van der Waals surface area contributed by atoms with Crippen molar-refractivity contribution in [1.29, 1.82) is 0 Å². The Kier molecular flexibility index (Phi) is 7.41. The van der Waals surface area contributed by atoms with Gasteiger partial charge in [-0.05, 0) is 31.9 Å². The number of carbonyl (C=O) groups excluding carboxylic acids is 3. The van der Waals surface area contributed by atoms with Crippen LogP contribution in [0.25, 0.3) is 0 Å². The van der Waals surface area contributed by atoms with Crippen molar-refractivity contribution in [1.82, 2.24) is 10.2 Å². The fourth-order valence-corrected chi connectivity index (χ4v) is 9.26. The summed E-state index contributed by atoms with van der Waals surface area (Å²) in [5.41, 5.74) is 0.687. The summed E-state index contributed by atoms with van der Waals surface area (Å²) < 4.78 is -0.688. The Morgan fingerprint density at radius 2 is 2.00 bits per heavy atom. The van der Waals surface area contributed by atoms with E-state index in [0.29, 0.717) is 18.7 Å². The van der Waals surface area contributed by atoms with Gasteiger partial charge in [-0.25, -0.2) is 0 Å². The quantitative estimate of drug-likeness (QED) is 0.332. The van der Waals surface area contributed by atoms with Gasteiger partial charge < -0.3 is 20.6 Å². The highest BCUT2D eigenvalue weighted by Gasteiger charge is 2.75. The second-order valence-corrected chi connectivity index (χ2v) is 12.0. The number of fused-ring (bicyclic) bond motifs is 1. The number of rotatable bonds is 9. The van der Waals surface area contributed by atoms with Crippen molar-refractivity contribution in [3.05, 3.63) is 30.3 Å². The molecule has 9 heteroatoms. The molecule has 180 valence electrons. The number of amides is 3. The molecule has 3 unspecified atom stereocenters. The van der Waals surface area contributed by atoms with Crippen LogP contribution in [0.4, 0.5) is 5.69 Å². The van der Waals surface area contributed by atoms with Crippen molar-refractivity contribution in [2.45, 2.75) is 66.4 Å². The van der Waals surface area contributed by atoms with Gasteiger partial charge in [0.25, 0.3) is 0 Å². The van der Waals surface area contributed by atoms with Crippen LogP contribution < -0.4 is 10.6 Å². The van der Waals surface area contributed by atoms with Gasteiger partial charge in [-0.3, -0.25) is 14.4 Å². The van der Waals surface area contributed by atoms with Crippen molar-refractivity contribution >= 4 is 51.1 Å². The molecule has 3 heterocycles. The summed E-state index contributed by atoms with van der Waals surface area (Å²) in [6.07, 6.45) is 3.60. The topological polar surface area (TPSA) is 98.7 Å². The van der Waals surface area contributed by atoms with Gasteiger partial charge in [-0.2, -0.15) is 0 Å². The molecule has 3 saturated heterocycles. The number of aliphatic hydroxyl groups excluding tert-OH is 1. The summed E-state index contributed by atoms with van der Waals surface area (Å²) in [5.74, 6) is -1.71. The molecule has 4 rings (SSSR count). The van der Waals surface area contributed by atoms with E-state index in [0.717, 1.165) is 19.3 Å². The lowest BCUT2D eigenvalue weighted by atomic mass is 9.70. The number of carbonyl (C=O) groups is 3. The van der Waals surface area contributed by atoms with E-state index in [1.165, 1.54) is 0 Å². The summed E-state index contributed by atoms with van der Waals surface area (Å²) >= 11 is 5.36. The van der Waals surface area contributed by atoms with Gasteiger partial charge in [0.1, 0.15) is 6.04 Å². The SMILES string of the molecule is CCCCCNC(=O)C1N([C@H](C)CO)C(=O)[C@@H]2[C@H](C(=O)Nc3ccccc3)[C@H]3SC12CC3Br.